The molecule has 0 radical (unpaired) electrons. The summed E-state index contributed by atoms with van der Waals surface area (Å²) >= 11 is 5.97. The number of halogens is 1. The summed E-state index contributed by atoms with van der Waals surface area (Å²) < 4.78 is 0. The van der Waals surface area contributed by atoms with Crippen LogP contribution in [0.3, 0.4) is 0 Å². The number of urea groups is 1. The number of aliphatic hydroxyl groups is 1. The molecular weight excluding hydrogens is 296 g/mol. The Morgan fingerprint density at radius 2 is 2.00 bits per heavy atom. The lowest BCUT2D eigenvalue weighted by molar-refractivity contribution is 0.0697. The van der Waals surface area contributed by atoms with Gasteiger partial charge in [-0.3, -0.25) is 0 Å². The summed E-state index contributed by atoms with van der Waals surface area (Å²) in [4.78, 5) is 24.7. The summed E-state index contributed by atoms with van der Waals surface area (Å²) in [5.74, 6) is -0.834. The number of benzene rings is 1. The second-order valence-electron chi connectivity index (χ2n) is 5.04. The van der Waals surface area contributed by atoms with Crippen molar-refractivity contribution in [2.45, 2.75) is 12.8 Å². The van der Waals surface area contributed by atoms with Crippen LogP contribution in [0.2, 0.25) is 5.02 Å². The molecule has 0 atom stereocenters. The SMILES string of the molecule is O=C(O)c1ccc(Cl)c(NC(=O)N2CCC(CO)CC2)c1. The van der Waals surface area contributed by atoms with E-state index in [0.717, 1.165) is 12.8 Å². The molecule has 1 heterocycles. The fourth-order valence-electron chi connectivity index (χ4n) is 2.27. The average Bonchev–Trinajstić information content (AvgIpc) is 2.49. The first kappa shape index (κ1) is 15.6. The Morgan fingerprint density at radius 3 is 2.57 bits per heavy atom. The normalized spacial score (nSPS) is 15.8. The molecule has 7 heteroatoms. The van der Waals surface area contributed by atoms with Crippen molar-refractivity contribution in [2.24, 2.45) is 5.92 Å². The van der Waals surface area contributed by atoms with Gasteiger partial charge in [-0.15, -0.1) is 0 Å². The molecule has 0 aliphatic carbocycles. The van der Waals surface area contributed by atoms with Gasteiger partial charge in [0.2, 0.25) is 0 Å². The molecule has 2 amide bonds. The number of aliphatic hydroxyl groups excluding tert-OH is 1. The minimum absolute atomic E-state index is 0.0636. The van der Waals surface area contributed by atoms with Gasteiger partial charge in [0.15, 0.2) is 0 Å². The predicted octanol–water partition coefficient (Wildman–Crippen LogP) is 2.27. The van der Waals surface area contributed by atoms with E-state index in [1.54, 1.807) is 4.90 Å². The Labute approximate surface area is 127 Å². The van der Waals surface area contributed by atoms with Gasteiger partial charge in [-0.05, 0) is 37.0 Å². The number of aromatic carboxylic acids is 1. The highest BCUT2D eigenvalue weighted by Crippen LogP contribution is 2.24. The third-order valence-electron chi connectivity index (χ3n) is 3.61. The fourth-order valence-corrected chi connectivity index (χ4v) is 2.43. The molecular formula is C14H17ClN2O4. The van der Waals surface area contributed by atoms with E-state index in [4.69, 9.17) is 21.8 Å². The second-order valence-corrected chi connectivity index (χ2v) is 5.45. The van der Waals surface area contributed by atoms with Crippen molar-refractivity contribution in [2.75, 3.05) is 25.0 Å². The van der Waals surface area contributed by atoms with Gasteiger partial charge in [0.25, 0.3) is 0 Å². The molecule has 21 heavy (non-hydrogen) atoms. The smallest absolute Gasteiger partial charge is 0.335 e. The molecule has 0 spiro atoms. The summed E-state index contributed by atoms with van der Waals surface area (Å²) in [5.41, 5.74) is 0.347. The van der Waals surface area contributed by atoms with Crippen molar-refractivity contribution in [3.63, 3.8) is 0 Å². The number of carbonyl (C=O) groups is 2. The lowest BCUT2D eigenvalue weighted by Gasteiger charge is -2.31. The molecule has 1 aliphatic heterocycles. The van der Waals surface area contributed by atoms with E-state index >= 15 is 0 Å². The van der Waals surface area contributed by atoms with Gasteiger partial charge in [-0.2, -0.15) is 0 Å². The second kappa shape index (κ2) is 6.78. The Bertz CT molecular complexity index is 542. The summed E-state index contributed by atoms with van der Waals surface area (Å²) in [6, 6.07) is 3.85. The number of nitrogens with one attached hydrogen (secondary N) is 1. The van der Waals surface area contributed by atoms with Gasteiger partial charge in [-0.25, -0.2) is 9.59 Å². The highest BCUT2D eigenvalue weighted by atomic mass is 35.5. The number of hydrogen-bond donors (Lipinski definition) is 3. The zero-order chi connectivity index (χ0) is 15.4. The third-order valence-corrected chi connectivity index (χ3v) is 3.94. The fraction of sp³-hybridized carbons (Fsp3) is 0.429. The van der Waals surface area contributed by atoms with E-state index in [1.807, 2.05) is 0 Å². The van der Waals surface area contributed by atoms with Crippen molar-refractivity contribution in [1.29, 1.82) is 0 Å². The van der Waals surface area contributed by atoms with Crippen molar-refractivity contribution < 1.29 is 19.8 Å². The lowest BCUT2D eigenvalue weighted by atomic mass is 9.98. The first-order valence-electron chi connectivity index (χ1n) is 6.71. The van der Waals surface area contributed by atoms with E-state index < -0.39 is 5.97 Å². The minimum atomic E-state index is -1.08. The van der Waals surface area contributed by atoms with Crippen LogP contribution in [0.5, 0.6) is 0 Å². The van der Waals surface area contributed by atoms with E-state index in [-0.39, 0.29) is 29.8 Å². The molecule has 6 nitrogen and oxygen atoms in total. The Hall–Kier alpha value is -1.79. The van der Waals surface area contributed by atoms with E-state index in [0.29, 0.717) is 18.1 Å². The number of nitrogens with zero attached hydrogens (tertiary/aromatic N) is 1. The van der Waals surface area contributed by atoms with Crippen molar-refractivity contribution in [3.8, 4) is 0 Å². The number of rotatable bonds is 3. The monoisotopic (exact) mass is 312 g/mol. The number of hydrogen-bond acceptors (Lipinski definition) is 3. The molecule has 1 aromatic rings. The maximum atomic E-state index is 12.1. The van der Waals surface area contributed by atoms with Crippen LogP contribution in [-0.2, 0) is 0 Å². The molecule has 0 unspecified atom stereocenters. The first-order valence-corrected chi connectivity index (χ1v) is 7.08. The highest BCUT2D eigenvalue weighted by Gasteiger charge is 2.22. The molecule has 0 saturated carbocycles. The maximum Gasteiger partial charge on any atom is 0.335 e. The van der Waals surface area contributed by atoms with Crippen LogP contribution in [0.15, 0.2) is 18.2 Å². The number of carboxylic acid groups (broad SMARTS) is 1. The highest BCUT2D eigenvalue weighted by molar-refractivity contribution is 6.33. The number of likely N-dealkylation sites (tertiary alicyclic amines) is 1. The zero-order valence-electron chi connectivity index (χ0n) is 11.4. The van der Waals surface area contributed by atoms with Gasteiger partial charge >= 0.3 is 12.0 Å². The molecule has 0 bridgehead atoms. The lowest BCUT2D eigenvalue weighted by Crippen LogP contribution is -2.41. The van der Waals surface area contributed by atoms with Crippen LogP contribution in [0.25, 0.3) is 0 Å². The van der Waals surface area contributed by atoms with Crippen molar-refractivity contribution in [1.82, 2.24) is 4.90 Å². The predicted molar refractivity (Wildman–Crippen MR) is 78.8 cm³/mol. The van der Waals surface area contributed by atoms with Crippen molar-refractivity contribution >= 4 is 29.3 Å². The molecule has 1 aliphatic rings. The summed E-state index contributed by atoms with van der Waals surface area (Å²) in [6.45, 7) is 1.27. The standard InChI is InChI=1S/C14H17ClN2O4/c15-11-2-1-10(13(19)20)7-12(11)16-14(21)17-5-3-9(8-18)4-6-17/h1-2,7,9,18H,3-6,8H2,(H,16,21)(H,19,20). The number of anilines is 1. The van der Waals surface area contributed by atoms with Crippen molar-refractivity contribution in [3.05, 3.63) is 28.8 Å². The maximum absolute atomic E-state index is 12.1. The molecule has 1 saturated heterocycles. The number of piperidine rings is 1. The molecule has 114 valence electrons. The minimum Gasteiger partial charge on any atom is -0.478 e. The van der Waals surface area contributed by atoms with Gasteiger partial charge < -0.3 is 20.4 Å². The molecule has 0 aromatic heterocycles. The van der Waals surface area contributed by atoms with Crippen LogP contribution in [0, 0.1) is 5.92 Å². The number of amides is 2. The van der Waals surface area contributed by atoms with Crippen LogP contribution in [-0.4, -0.2) is 46.8 Å². The van der Waals surface area contributed by atoms with Gasteiger partial charge in [0.05, 0.1) is 16.3 Å². The Balaban J connectivity index is 2.03. The van der Waals surface area contributed by atoms with Gasteiger partial charge in [0.1, 0.15) is 0 Å². The quantitative estimate of drug-likeness (QED) is 0.798. The summed E-state index contributed by atoms with van der Waals surface area (Å²) in [5, 5.41) is 21.0. The van der Waals surface area contributed by atoms with E-state index in [2.05, 4.69) is 5.32 Å². The van der Waals surface area contributed by atoms with Crippen LogP contribution >= 0.6 is 11.6 Å². The Kier molecular flexibility index (Phi) is 5.03. The van der Waals surface area contributed by atoms with Crippen LogP contribution in [0.1, 0.15) is 23.2 Å². The van der Waals surface area contributed by atoms with Gasteiger partial charge in [-0.1, -0.05) is 11.6 Å². The number of carboxylic acids is 1. The topological polar surface area (TPSA) is 89.9 Å². The largest absolute Gasteiger partial charge is 0.478 e. The number of carbonyl (C=O) groups excluding carboxylic acids is 1. The van der Waals surface area contributed by atoms with E-state index in [1.165, 1.54) is 18.2 Å². The van der Waals surface area contributed by atoms with Crippen LogP contribution < -0.4 is 5.32 Å². The molecule has 2 rings (SSSR count). The summed E-state index contributed by atoms with van der Waals surface area (Å²) in [6.07, 6.45) is 1.51. The molecule has 3 N–H and O–H groups in total. The zero-order valence-corrected chi connectivity index (χ0v) is 12.1. The summed E-state index contributed by atoms with van der Waals surface area (Å²) in [7, 11) is 0. The van der Waals surface area contributed by atoms with E-state index in [9.17, 15) is 9.59 Å². The first-order chi connectivity index (χ1) is 10.0. The molecule has 1 fully saturated rings. The van der Waals surface area contributed by atoms with Crippen LogP contribution in [0.4, 0.5) is 10.5 Å². The third kappa shape index (κ3) is 3.86. The molecule has 1 aromatic carbocycles. The average molecular weight is 313 g/mol. The Morgan fingerprint density at radius 1 is 1.33 bits per heavy atom. The van der Waals surface area contributed by atoms with Gasteiger partial charge in [0, 0.05) is 19.7 Å².